The average molecular weight is 436 g/mol. The summed E-state index contributed by atoms with van der Waals surface area (Å²) in [5, 5.41) is 8.92. The molecular formula is C22H31ClFN5O. The average Bonchev–Trinajstić information content (AvgIpc) is 3.16. The van der Waals surface area contributed by atoms with Gasteiger partial charge in [-0.05, 0) is 50.8 Å². The number of nitrogens with zero attached hydrogens (tertiary/aromatic N) is 4. The van der Waals surface area contributed by atoms with Crippen LogP contribution in [0.2, 0.25) is 5.02 Å². The lowest BCUT2D eigenvalue weighted by Crippen LogP contribution is -2.60. The maximum atomic E-state index is 14.7. The van der Waals surface area contributed by atoms with Crippen molar-refractivity contribution in [2.75, 3.05) is 26.2 Å². The van der Waals surface area contributed by atoms with E-state index in [2.05, 4.69) is 32.1 Å². The van der Waals surface area contributed by atoms with Gasteiger partial charge in [-0.1, -0.05) is 23.7 Å². The third-order valence-electron chi connectivity index (χ3n) is 6.42. The summed E-state index contributed by atoms with van der Waals surface area (Å²) in [6.07, 6.45) is 3.11. The predicted molar refractivity (Wildman–Crippen MR) is 119 cm³/mol. The molecule has 2 fully saturated rings. The molecule has 0 spiro atoms. The number of amidine groups is 2. The van der Waals surface area contributed by atoms with Crippen molar-refractivity contribution in [2.45, 2.75) is 63.4 Å². The van der Waals surface area contributed by atoms with Crippen molar-refractivity contribution in [3.05, 3.63) is 34.9 Å². The van der Waals surface area contributed by atoms with Gasteiger partial charge >= 0.3 is 0 Å². The molecule has 2 N–H and O–H groups in total. The van der Waals surface area contributed by atoms with Crippen LogP contribution in [0.25, 0.3) is 0 Å². The quantitative estimate of drug-likeness (QED) is 0.788. The van der Waals surface area contributed by atoms with E-state index in [1.807, 2.05) is 12.1 Å². The van der Waals surface area contributed by atoms with Crippen molar-refractivity contribution in [2.24, 2.45) is 15.9 Å². The fourth-order valence-corrected chi connectivity index (χ4v) is 4.76. The number of halogens is 2. The lowest BCUT2D eigenvalue weighted by atomic mass is 9.93. The summed E-state index contributed by atoms with van der Waals surface area (Å²) in [5.41, 5.74) is 5.64. The van der Waals surface area contributed by atoms with Gasteiger partial charge in [-0.3, -0.25) is 4.90 Å². The molecule has 6 nitrogen and oxygen atoms in total. The fraction of sp³-hybridized carbons (Fsp3) is 0.636. The number of morpholine rings is 1. The Morgan fingerprint density at radius 1 is 1.20 bits per heavy atom. The van der Waals surface area contributed by atoms with E-state index < -0.39 is 11.8 Å². The van der Waals surface area contributed by atoms with Crippen molar-refractivity contribution >= 4 is 23.3 Å². The van der Waals surface area contributed by atoms with Crippen LogP contribution in [0.15, 0.2) is 34.5 Å². The molecule has 8 heteroatoms. The monoisotopic (exact) mass is 435 g/mol. The fourth-order valence-electron chi connectivity index (χ4n) is 4.63. The zero-order valence-corrected chi connectivity index (χ0v) is 18.5. The van der Waals surface area contributed by atoms with Crippen LogP contribution in [0.4, 0.5) is 4.39 Å². The minimum atomic E-state index is -1.36. The zero-order valence-electron chi connectivity index (χ0n) is 17.7. The van der Waals surface area contributed by atoms with Crippen LogP contribution in [-0.4, -0.2) is 71.6 Å². The highest BCUT2D eigenvalue weighted by molar-refractivity contribution is 6.30. The molecule has 3 aliphatic rings. The Labute approximate surface area is 182 Å². The van der Waals surface area contributed by atoms with Gasteiger partial charge < -0.3 is 15.4 Å². The van der Waals surface area contributed by atoms with Crippen LogP contribution in [0.1, 0.15) is 38.7 Å². The number of hydrogen-bond acceptors (Lipinski definition) is 6. The number of alkyl halides is 1. The van der Waals surface area contributed by atoms with E-state index in [9.17, 15) is 4.39 Å². The first-order valence-electron chi connectivity index (χ1n) is 10.7. The standard InChI is InChI=1S/C22H31ClFN5O/c1-22(2,24)19-13-29(18(14-30-19)11-15-3-5-16(23)6-4-15)17-7-9-28(10-8-17)21-12-20(25)26-27-21/h3-6,17-19H,7-14H2,1-2H3,(H2,25,26)/t18-,19+/m0/s1. The van der Waals surface area contributed by atoms with Gasteiger partial charge in [-0.25, -0.2) is 4.39 Å². The molecule has 3 aliphatic heterocycles. The number of nitrogens with two attached hydrogens (primary N) is 1. The van der Waals surface area contributed by atoms with Crippen molar-refractivity contribution in [1.82, 2.24) is 9.80 Å². The smallest absolute Gasteiger partial charge is 0.135 e. The second kappa shape index (κ2) is 8.81. The minimum Gasteiger partial charge on any atom is -0.385 e. The maximum Gasteiger partial charge on any atom is 0.135 e. The molecule has 0 bridgehead atoms. The van der Waals surface area contributed by atoms with Crippen LogP contribution in [0.3, 0.4) is 0 Å². The topological polar surface area (TPSA) is 66.5 Å². The number of piperidine rings is 1. The summed E-state index contributed by atoms with van der Waals surface area (Å²) < 4.78 is 20.7. The van der Waals surface area contributed by atoms with Crippen molar-refractivity contribution in [3.63, 3.8) is 0 Å². The molecule has 0 radical (unpaired) electrons. The Bertz CT molecular complexity index is 799. The van der Waals surface area contributed by atoms with Gasteiger partial charge in [-0.2, -0.15) is 0 Å². The van der Waals surface area contributed by atoms with Gasteiger partial charge in [-0.15, -0.1) is 10.2 Å². The zero-order chi connectivity index (χ0) is 21.3. The summed E-state index contributed by atoms with van der Waals surface area (Å²) in [4.78, 5) is 4.77. The van der Waals surface area contributed by atoms with Crippen LogP contribution in [0.5, 0.6) is 0 Å². The van der Waals surface area contributed by atoms with Gasteiger partial charge in [0.05, 0.1) is 13.0 Å². The first-order chi connectivity index (χ1) is 14.3. The third-order valence-corrected chi connectivity index (χ3v) is 6.67. The number of rotatable bonds is 4. The van der Waals surface area contributed by atoms with Crippen molar-refractivity contribution in [1.29, 1.82) is 0 Å². The summed E-state index contributed by atoms with van der Waals surface area (Å²) in [6, 6.07) is 8.60. The lowest BCUT2D eigenvalue weighted by Gasteiger charge is -2.48. The molecule has 0 unspecified atom stereocenters. The number of benzene rings is 1. The van der Waals surface area contributed by atoms with Crippen molar-refractivity contribution < 1.29 is 9.13 Å². The van der Waals surface area contributed by atoms with E-state index in [0.29, 0.717) is 31.4 Å². The van der Waals surface area contributed by atoms with Gasteiger partial charge in [0.1, 0.15) is 23.4 Å². The molecular weight excluding hydrogens is 405 g/mol. The molecule has 1 aromatic carbocycles. The normalized spacial score (nSPS) is 26.6. The van der Waals surface area contributed by atoms with Gasteiger partial charge in [0.15, 0.2) is 0 Å². The van der Waals surface area contributed by atoms with Crippen molar-refractivity contribution in [3.8, 4) is 0 Å². The van der Waals surface area contributed by atoms with E-state index in [4.69, 9.17) is 22.1 Å². The van der Waals surface area contributed by atoms with E-state index in [1.165, 1.54) is 5.56 Å². The molecule has 0 saturated carbocycles. The Morgan fingerprint density at radius 2 is 1.90 bits per heavy atom. The highest BCUT2D eigenvalue weighted by Crippen LogP contribution is 2.30. The van der Waals surface area contributed by atoms with E-state index in [1.54, 1.807) is 13.8 Å². The largest absolute Gasteiger partial charge is 0.385 e. The SMILES string of the molecule is CC(C)(F)[C@H]1CN(C2CCN(C3=NN=C(N)C3)CC2)[C@@H](Cc2ccc(Cl)cc2)CO1. The molecule has 2 saturated heterocycles. The highest BCUT2D eigenvalue weighted by Gasteiger charge is 2.41. The van der Waals surface area contributed by atoms with Gasteiger partial charge in [0.2, 0.25) is 0 Å². The Morgan fingerprint density at radius 3 is 2.50 bits per heavy atom. The summed E-state index contributed by atoms with van der Waals surface area (Å²) in [5.74, 6) is 1.55. The summed E-state index contributed by atoms with van der Waals surface area (Å²) in [6.45, 7) is 6.21. The van der Waals surface area contributed by atoms with Crippen LogP contribution in [-0.2, 0) is 11.2 Å². The molecule has 164 valence electrons. The molecule has 3 heterocycles. The minimum absolute atomic E-state index is 0.226. The Balaban J connectivity index is 1.44. The molecule has 30 heavy (non-hydrogen) atoms. The Hall–Kier alpha value is -1.70. The van der Waals surface area contributed by atoms with Gasteiger partial charge in [0.25, 0.3) is 0 Å². The molecule has 2 atom stereocenters. The first-order valence-corrected chi connectivity index (χ1v) is 11.1. The predicted octanol–water partition coefficient (Wildman–Crippen LogP) is 3.24. The number of hydrogen-bond donors (Lipinski definition) is 1. The number of likely N-dealkylation sites (tertiary alicyclic amines) is 1. The van der Waals surface area contributed by atoms with Crippen LogP contribution >= 0.6 is 11.6 Å². The van der Waals surface area contributed by atoms with Gasteiger partial charge in [0, 0.05) is 36.7 Å². The second-order valence-corrected chi connectivity index (χ2v) is 9.51. The second-order valence-electron chi connectivity index (χ2n) is 9.07. The third kappa shape index (κ3) is 4.95. The molecule has 4 rings (SSSR count). The molecule has 0 aromatic heterocycles. The highest BCUT2D eigenvalue weighted by atomic mass is 35.5. The van der Waals surface area contributed by atoms with E-state index in [-0.39, 0.29) is 6.04 Å². The van der Waals surface area contributed by atoms with E-state index >= 15 is 0 Å². The maximum absolute atomic E-state index is 14.7. The molecule has 0 amide bonds. The Kier molecular flexibility index (Phi) is 6.32. The van der Waals surface area contributed by atoms with Crippen LogP contribution < -0.4 is 5.73 Å². The van der Waals surface area contributed by atoms with Crippen LogP contribution in [0, 0.1) is 0 Å². The summed E-state index contributed by atoms with van der Waals surface area (Å²) >= 11 is 6.04. The first kappa shape index (κ1) is 21.5. The summed E-state index contributed by atoms with van der Waals surface area (Å²) in [7, 11) is 0. The number of ether oxygens (including phenoxy) is 1. The lowest BCUT2D eigenvalue weighted by molar-refractivity contribution is -0.132. The molecule has 1 aromatic rings. The van der Waals surface area contributed by atoms with E-state index in [0.717, 1.165) is 43.2 Å². The molecule has 0 aliphatic carbocycles.